The Kier molecular flexibility index (Phi) is 7.12. The molecule has 0 bridgehead atoms. The Bertz CT molecular complexity index is 945. The van der Waals surface area contributed by atoms with Gasteiger partial charge in [0, 0.05) is 18.0 Å². The van der Waals surface area contributed by atoms with Crippen LogP contribution in [0.5, 0.6) is 11.5 Å². The summed E-state index contributed by atoms with van der Waals surface area (Å²) in [5.41, 5.74) is 4.15. The van der Waals surface area contributed by atoms with Gasteiger partial charge in [-0.25, -0.2) is 0 Å². The summed E-state index contributed by atoms with van der Waals surface area (Å²) in [7, 11) is 1.62. The summed E-state index contributed by atoms with van der Waals surface area (Å²) in [5, 5.41) is 2.99. The van der Waals surface area contributed by atoms with Gasteiger partial charge in [0.2, 0.25) is 5.91 Å². The Labute approximate surface area is 178 Å². The molecule has 0 fully saturated rings. The molecule has 1 N–H and O–H groups in total. The quantitative estimate of drug-likeness (QED) is 0.505. The van der Waals surface area contributed by atoms with Crippen molar-refractivity contribution in [2.75, 3.05) is 12.4 Å². The van der Waals surface area contributed by atoms with E-state index in [4.69, 9.17) is 9.47 Å². The molecule has 4 heteroatoms. The molecule has 0 aromatic heterocycles. The Hall–Kier alpha value is -3.27. The number of rotatable bonds is 8. The van der Waals surface area contributed by atoms with E-state index in [9.17, 15) is 4.79 Å². The summed E-state index contributed by atoms with van der Waals surface area (Å²) in [6.45, 7) is 6.08. The molecule has 4 nitrogen and oxygen atoms in total. The topological polar surface area (TPSA) is 47.6 Å². The zero-order chi connectivity index (χ0) is 21.5. The fourth-order valence-electron chi connectivity index (χ4n) is 3.35. The first-order valence-electron chi connectivity index (χ1n) is 10.2. The van der Waals surface area contributed by atoms with Crippen molar-refractivity contribution >= 4 is 11.6 Å². The van der Waals surface area contributed by atoms with E-state index in [0.29, 0.717) is 6.42 Å². The van der Waals surface area contributed by atoms with Crippen LogP contribution in [-0.2, 0) is 4.79 Å². The van der Waals surface area contributed by atoms with Crippen molar-refractivity contribution in [1.82, 2.24) is 0 Å². The zero-order valence-electron chi connectivity index (χ0n) is 18.0. The van der Waals surface area contributed by atoms with Gasteiger partial charge in [0.15, 0.2) is 0 Å². The molecule has 0 heterocycles. The predicted octanol–water partition coefficient (Wildman–Crippen LogP) is 5.95. The van der Waals surface area contributed by atoms with E-state index >= 15 is 0 Å². The van der Waals surface area contributed by atoms with Crippen LogP contribution in [-0.4, -0.2) is 19.1 Å². The zero-order valence-corrected chi connectivity index (χ0v) is 18.0. The molecule has 156 valence electrons. The molecule has 0 aliphatic heterocycles. The lowest BCUT2D eigenvalue weighted by molar-refractivity contribution is -0.116. The first-order chi connectivity index (χ1) is 14.4. The number of hydrogen-bond acceptors (Lipinski definition) is 3. The van der Waals surface area contributed by atoms with Gasteiger partial charge in [-0.05, 0) is 68.3 Å². The van der Waals surface area contributed by atoms with E-state index in [1.807, 2.05) is 62.4 Å². The third-order valence-electron chi connectivity index (χ3n) is 4.90. The number of ether oxygens (including phenoxy) is 2. The highest BCUT2D eigenvalue weighted by Gasteiger charge is 2.19. The van der Waals surface area contributed by atoms with Gasteiger partial charge in [-0.1, -0.05) is 42.0 Å². The van der Waals surface area contributed by atoms with Gasteiger partial charge in [-0.15, -0.1) is 0 Å². The maximum Gasteiger partial charge on any atom is 0.225 e. The fraction of sp³-hybridized carbons (Fsp3) is 0.269. The SMILES string of the molecule is COc1ccc(NC(=O)C[C@H](c2ccc(C)cc2)c2ccc(OC(C)C)cc2)cc1. The minimum atomic E-state index is -0.0445. The highest BCUT2D eigenvalue weighted by Crippen LogP contribution is 2.30. The van der Waals surface area contributed by atoms with E-state index in [-0.39, 0.29) is 17.9 Å². The third-order valence-corrected chi connectivity index (χ3v) is 4.90. The van der Waals surface area contributed by atoms with Crippen LogP contribution in [0.1, 0.15) is 42.9 Å². The van der Waals surface area contributed by atoms with Gasteiger partial charge >= 0.3 is 0 Å². The van der Waals surface area contributed by atoms with Crippen molar-refractivity contribution < 1.29 is 14.3 Å². The van der Waals surface area contributed by atoms with Crippen LogP contribution >= 0.6 is 0 Å². The van der Waals surface area contributed by atoms with Gasteiger partial charge in [-0.2, -0.15) is 0 Å². The standard InChI is InChI=1S/C26H29NO3/c1-18(2)30-24-13-9-21(10-14-24)25(20-7-5-19(3)6-8-20)17-26(28)27-22-11-15-23(29-4)16-12-22/h5-16,18,25H,17H2,1-4H3,(H,27,28)/t25-/m1/s1. The first kappa shape index (κ1) is 21.4. The van der Waals surface area contributed by atoms with Crippen molar-refractivity contribution in [1.29, 1.82) is 0 Å². The second kappa shape index (κ2) is 9.97. The van der Waals surface area contributed by atoms with Crippen molar-refractivity contribution in [3.63, 3.8) is 0 Å². The summed E-state index contributed by atoms with van der Waals surface area (Å²) >= 11 is 0. The number of anilines is 1. The molecule has 0 spiro atoms. The number of methoxy groups -OCH3 is 1. The lowest BCUT2D eigenvalue weighted by Gasteiger charge is -2.19. The molecule has 3 aromatic rings. The number of carbonyl (C=O) groups is 1. The Balaban J connectivity index is 1.80. The molecule has 3 aromatic carbocycles. The lowest BCUT2D eigenvalue weighted by Crippen LogP contribution is -2.16. The van der Waals surface area contributed by atoms with E-state index in [2.05, 4.69) is 36.5 Å². The van der Waals surface area contributed by atoms with Gasteiger partial charge in [0.25, 0.3) is 0 Å². The summed E-state index contributed by atoms with van der Waals surface area (Å²) < 4.78 is 10.9. The molecular weight excluding hydrogens is 374 g/mol. The van der Waals surface area contributed by atoms with Crippen LogP contribution in [0.2, 0.25) is 0 Å². The third kappa shape index (κ3) is 5.86. The first-order valence-corrected chi connectivity index (χ1v) is 10.2. The van der Waals surface area contributed by atoms with E-state index in [1.165, 1.54) is 5.56 Å². The highest BCUT2D eigenvalue weighted by atomic mass is 16.5. The second-order valence-corrected chi connectivity index (χ2v) is 7.68. The van der Waals surface area contributed by atoms with Crippen LogP contribution in [0.15, 0.2) is 72.8 Å². The highest BCUT2D eigenvalue weighted by molar-refractivity contribution is 5.91. The van der Waals surface area contributed by atoms with Crippen molar-refractivity contribution in [3.05, 3.63) is 89.5 Å². The minimum Gasteiger partial charge on any atom is -0.497 e. The van der Waals surface area contributed by atoms with Crippen LogP contribution in [0, 0.1) is 6.92 Å². The van der Waals surface area contributed by atoms with Crippen molar-refractivity contribution in [2.24, 2.45) is 0 Å². The largest absolute Gasteiger partial charge is 0.497 e. The Morgan fingerprint density at radius 3 is 1.90 bits per heavy atom. The second-order valence-electron chi connectivity index (χ2n) is 7.68. The Morgan fingerprint density at radius 2 is 1.37 bits per heavy atom. The smallest absolute Gasteiger partial charge is 0.225 e. The number of nitrogens with one attached hydrogen (secondary N) is 1. The summed E-state index contributed by atoms with van der Waals surface area (Å²) in [5.74, 6) is 1.51. The summed E-state index contributed by atoms with van der Waals surface area (Å²) in [4.78, 5) is 12.8. The summed E-state index contributed by atoms with van der Waals surface area (Å²) in [6.07, 6.45) is 0.471. The average Bonchev–Trinajstić information content (AvgIpc) is 2.74. The maximum atomic E-state index is 12.8. The maximum absolute atomic E-state index is 12.8. The van der Waals surface area contributed by atoms with Crippen LogP contribution in [0.25, 0.3) is 0 Å². The number of benzene rings is 3. The molecule has 1 amide bonds. The fourth-order valence-corrected chi connectivity index (χ4v) is 3.35. The minimum absolute atomic E-state index is 0.0340. The molecule has 0 saturated carbocycles. The number of hydrogen-bond donors (Lipinski definition) is 1. The van der Waals surface area contributed by atoms with Crippen molar-refractivity contribution in [3.8, 4) is 11.5 Å². The molecule has 0 radical (unpaired) electrons. The van der Waals surface area contributed by atoms with Gasteiger partial charge in [0.05, 0.1) is 13.2 Å². The number of amides is 1. The van der Waals surface area contributed by atoms with E-state index in [1.54, 1.807) is 7.11 Å². The van der Waals surface area contributed by atoms with Gasteiger partial charge in [0.1, 0.15) is 11.5 Å². The molecular formula is C26H29NO3. The molecule has 1 atom stereocenters. The Morgan fingerprint density at radius 1 is 0.833 bits per heavy atom. The molecule has 3 rings (SSSR count). The molecule has 0 unspecified atom stereocenters. The lowest BCUT2D eigenvalue weighted by atomic mass is 9.88. The van der Waals surface area contributed by atoms with E-state index in [0.717, 1.165) is 28.3 Å². The van der Waals surface area contributed by atoms with Crippen molar-refractivity contribution in [2.45, 2.75) is 39.2 Å². The summed E-state index contributed by atoms with van der Waals surface area (Å²) in [6, 6.07) is 23.7. The normalized spacial score (nSPS) is 11.8. The van der Waals surface area contributed by atoms with E-state index < -0.39 is 0 Å². The van der Waals surface area contributed by atoms with Crippen LogP contribution < -0.4 is 14.8 Å². The van der Waals surface area contributed by atoms with Crippen LogP contribution in [0.3, 0.4) is 0 Å². The molecule has 30 heavy (non-hydrogen) atoms. The number of aryl methyl sites for hydroxylation is 1. The molecule has 0 aliphatic rings. The monoisotopic (exact) mass is 403 g/mol. The molecule has 0 saturated heterocycles. The van der Waals surface area contributed by atoms with Crippen LogP contribution in [0.4, 0.5) is 5.69 Å². The molecule has 0 aliphatic carbocycles. The predicted molar refractivity (Wildman–Crippen MR) is 121 cm³/mol. The van der Waals surface area contributed by atoms with Gasteiger partial charge in [-0.3, -0.25) is 4.79 Å². The average molecular weight is 404 g/mol. The van der Waals surface area contributed by atoms with Gasteiger partial charge < -0.3 is 14.8 Å². The number of carbonyl (C=O) groups excluding carboxylic acids is 1.